The predicted molar refractivity (Wildman–Crippen MR) is 99.5 cm³/mol. The lowest BCUT2D eigenvalue weighted by molar-refractivity contribution is -0.192. The maximum Gasteiger partial charge on any atom is 0.490 e. The monoisotopic (exact) mass is 388 g/mol. The molecule has 0 heterocycles. The molecule has 0 spiro atoms. The van der Waals surface area contributed by atoms with Crippen LogP contribution in [0.1, 0.15) is 15.9 Å². The number of halogens is 3. The van der Waals surface area contributed by atoms with Crippen molar-refractivity contribution in [2.75, 3.05) is 0 Å². The van der Waals surface area contributed by atoms with E-state index >= 15 is 0 Å². The number of carboxylic acid groups (broad SMARTS) is 1. The highest BCUT2D eigenvalue weighted by atomic mass is 19.4. The summed E-state index contributed by atoms with van der Waals surface area (Å²) in [6.07, 6.45) is -4.21. The molecule has 0 atom stereocenters. The van der Waals surface area contributed by atoms with Gasteiger partial charge >= 0.3 is 12.1 Å². The third-order valence-corrected chi connectivity index (χ3v) is 3.79. The minimum atomic E-state index is -5.08. The van der Waals surface area contributed by atoms with Crippen molar-refractivity contribution in [1.29, 1.82) is 5.41 Å². The Balaban J connectivity index is 0.000000345. The number of carbonyl (C=O) groups is 2. The molecule has 0 fully saturated rings. The Hall–Kier alpha value is -3.68. The Bertz CT molecular complexity index is 1050. The Kier molecular flexibility index (Phi) is 6.15. The van der Waals surface area contributed by atoms with Crippen LogP contribution in [0.25, 0.3) is 21.9 Å². The van der Waals surface area contributed by atoms with E-state index in [9.17, 15) is 18.0 Å². The Morgan fingerprint density at radius 2 is 1.57 bits per heavy atom. The summed E-state index contributed by atoms with van der Waals surface area (Å²) in [5.41, 5.74) is 8.82. The van der Waals surface area contributed by atoms with E-state index in [-0.39, 0.29) is 5.84 Å². The molecule has 0 aliphatic carbocycles. The zero-order valence-corrected chi connectivity index (χ0v) is 14.3. The number of aldehydes is 1. The minimum Gasteiger partial charge on any atom is -0.475 e. The number of fused-ring (bicyclic) bond motifs is 1. The Morgan fingerprint density at radius 3 is 2.14 bits per heavy atom. The quantitative estimate of drug-likeness (QED) is 0.355. The molecule has 0 saturated carbocycles. The number of amidine groups is 1. The fourth-order valence-electron chi connectivity index (χ4n) is 2.44. The van der Waals surface area contributed by atoms with Crippen molar-refractivity contribution in [3.63, 3.8) is 0 Å². The van der Waals surface area contributed by atoms with Crippen molar-refractivity contribution < 1.29 is 27.9 Å². The lowest BCUT2D eigenvalue weighted by atomic mass is 9.97. The van der Waals surface area contributed by atoms with Gasteiger partial charge in [0.2, 0.25) is 0 Å². The second kappa shape index (κ2) is 8.34. The van der Waals surface area contributed by atoms with Gasteiger partial charge in [-0.3, -0.25) is 10.2 Å². The van der Waals surface area contributed by atoms with Gasteiger partial charge in [0.05, 0.1) is 0 Å². The van der Waals surface area contributed by atoms with Gasteiger partial charge in [-0.2, -0.15) is 13.2 Å². The average molecular weight is 388 g/mol. The van der Waals surface area contributed by atoms with Gasteiger partial charge in [-0.1, -0.05) is 48.5 Å². The van der Waals surface area contributed by atoms with Crippen LogP contribution in [0.2, 0.25) is 0 Å². The maximum absolute atomic E-state index is 11.1. The van der Waals surface area contributed by atoms with Gasteiger partial charge in [-0.15, -0.1) is 0 Å². The fraction of sp³-hybridized carbons (Fsp3) is 0.0500. The van der Waals surface area contributed by atoms with E-state index in [0.29, 0.717) is 11.1 Å². The lowest BCUT2D eigenvalue weighted by Crippen LogP contribution is -2.21. The summed E-state index contributed by atoms with van der Waals surface area (Å²) < 4.78 is 31.7. The van der Waals surface area contributed by atoms with E-state index in [0.717, 1.165) is 28.2 Å². The summed E-state index contributed by atoms with van der Waals surface area (Å²) in [4.78, 5) is 20.0. The highest BCUT2D eigenvalue weighted by Gasteiger charge is 2.38. The number of hydrogen-bond donors (Lipinski definition) is 3. The molecule has 3 rings (SSSR count). The lowest BCUT2D eigenvalue weighted by Gasteiger charge is -2.07. The van der Waals surface area contributed by atoms with E-state index in [4.69, 9.17) is 21.0 Å². The normalized spacial score (nSPS) is 10.7. The van der Waals surface area contributed by atoms with Crippen molar-refractivity contribution in [2.24, 2.45) is 5.73 Å². The van der Waals surface area contributed by atoms with Crippen LogP contribution in [-0.2, 0) is 4.79 Å². The van der Waals surface area contributed by atoms with Crippen LogP contribution >= 0.6 is 0 Å². The highest BCUT2D eigenvalue weighted by molar-refractivity contribution is 6.00. The summed E-state index contributed by atoms with van der Waals surface area (Å²) in [5, 5.41) is 16.7. The number of hydrogen-bond acceptors (Lipinski definition) is 3. The molecule has 4 N–H and O–H groups in total. The molecule has 0 aliphatic heterocycles. The number of nitrogens with two attached hydrogens (primary N) is 1. The average Bonchev–Trinajstić information content (AvgIpc) is 2.66. The Labute approximate surface area is 157 Å². The molecule has 5 nitrogen and oxygen atoms in total. The van der Waals surface area contributed by atoms with Crippen LogP contribution in [0.3, 0.4) is 0 Å². The predicted octanol–water partition coefficient (Wildman–Crippen LogP) is 4.24. The van der Waals surface area contributed by atoms with Crippen molar-refractivity contribution in [2.45, 2.75) is 6.18 Å². The van der Waals surface area contributed by atoms with Crippen LogP contribution in [0.15, 0.2) is 60.7 Å². The van der Waals surface area contributed by atoms with Crippen LogP contribution in [-0.4, -0.2) is 29.4 Å². The number of rotatable bonds is 3. The van der Waals surface area contributed by atoms with Gasteiger partial charge in [0.1, 0.15) is 5.84 Å². The molecule has 0 aromatic heterocycles. The second-order valence-electron chi connectivity index (χ2n) is 5.70. The van der Waals surface area contributed by atoms with Crippen LogP contribution in [0, 0.1) is 5.41 Å². The first-order chi connectivity index (χ1) is 13.1. The smallest absolute Gasteiger partial charge is 0.475 e. The highest BCUT2D eigenvalue weighted by Crippen LogP contribution is 2.27. The molecular formula is C20H15F3N2O3. The van der Waals surface area contributed by atoms with Gasteiger partial charge < -0.3 is 10.8 Å². The number of aliphatic carboxylic acids is 1. The third kappa shape index (κ3) is 4.94. The number of nitrogen functional groups attached to an aromatic ring is 1. The summed E-state index contributed by atoms with van der Waals surface area (Å²) in [6.45, 7) is 0. The number of alkyl halides is 3. The zero-order chi connectivity index (χ0) is 20.9. The fourth-order valence-corrected chi connectivity index (χ4v) is 2.44. The van der Waals surface area contributed by atoms with Crippen molar-refractivity contribution >= 4 is 28.9 Å². The molecule has 3 aromatic rings. The maximum atomic E-state index is 11.1. The van der Waals surface area contributed by atoms with Gasteiger partial charge in [-0.25, -0.2) is 4.79 Å². The third-order valence-electron chi connectivity index (χ3n) is 3.79. The molecule has 0 radical (unpaired) electrons. The van der Waals surface area contributed by atoms with Gasteiger partial charge in [0, 0.05) is 11.1 Å². The summed E-state index contributed by atoms with van der Waals surface area (Å²) in [6, 6.07) is 19.2. The van der Waals surface area contributed by atoms with Gasteiger partial charge in [-0.05, 0) is 34.0 Å². The second-order valence-corrected chi connectivity index (χ2v) is 5.70. The molecule has 3 aromatic carbocycles. The molecule has 0 unspecified atom stereocenters. The minimum absolute atomic E-state index is 0.0623. The van der Waals surface area contributed by atoms with Crippen molar-refractivity contribution in [3.05, 3.63) is 71.8 Å². The molecule has 0 amide bonds. The summed E-state index contributed by atoms with van der Waals surface area (Å²) in [7, 11) is 0. The van der Waals surface area contributed by atoms with Crippen LogP contribution in [0.5, 0.6) is 0 Å². The molecule has 0 aliphatic rings. The number of benzene rings is 3. The van der Waals surface area contributed by atoms with E-state index in [1.807, 2.05) is 60.7 Å². The molecular weight excluding hydrogens is 373 g/mol. The topological polar surface area (TPSA) is 104 Å². The first-order valence-electron chi connectivity index (χ1n) is 7.86. The van der Waals surface area contributed by atoms with Crippen molar-refractivity contribution in [1.82, 2.24) is 0 Å². The molecule has 0 saturated heterocycles. The molecule has 144 valence electrons. The Morgan fingerprint density at radius 1 is 1.00 bits per heavy atom. The zero-order valence-electron chi connectivity index (χ0n) is 14.3. The van der Waals surface area contributed by atoms with E-state index in [1.165, 1.54) is 0 Å². The number of carboxylic acids is 1. The van der Waals surface area contributed by atoms with Crippen LogP contribution in [0.4, 0.5) is 13.2 Å². The largest absolute Gasteiger partial charge is 0.490 e. The van der Waals surface area contributed by atoms with E-state index in [2.05, 4.69) is 0 Å². The molecule has 0 bridgehead atoms. The van der Waals surface area contributed by atoms with Crippen LogP contribution < -0.4 is 5.73 Å². The summed E-state index contributed by atoms with van der Waals surface area (Å²) >= 11 is 0. The summed E-state index contributed by atoms with van der Waals surface area (Å²) in [5.74, 6) is -2.69. The standard InChI is InChI=1S/C18H14N2O.C2HF3O2/c19-18(20)15-8-6-12-9-14(7-5-13(12)10-15)17-4-2-1-3-16(17)11-21;3-2(4,5)1(6)7/h1-11H,(H3,19,20);(H,6,7). The van der Waals surface area contributed by atoms with E-state index in [1.54, 1.807) is 0 Å². The van der Waals surface area contributed by atoms with Gasteiger partial charge in [0.15, 0.2) is 6.29 Å². The first-order valence-corrected chi connectivity index (χ1v) is 7.86. The van der Waals surface area contributed by atoms with Crippen molar-refractivity contribution in [3.8, 4) is 11.1 Å². The number of carbonyl (C=O) groups excluding carboxylic acids is 1. The SMILES string of the molecule is N=C(N)c1ccc2cc(-c3ccccc3C=O)ccc2c1.O=C(O)C(F)(F)F. The molecule has 8 heteroatoms. The molecule has 28 heavy (non-hydrogen) atoms. The first kappa shape index (κ1) is 20.6. The van der Waals surface area contributed by atoms with Gasteiger partial charge in [0.25, 0.3) is 0 Å². The van der Waals surface area contributed by atoms with E-state index < -0.39 is 12.1 Å². The number of nitrogens with one attached hydrogen (secondary N) is 1.